The molecule has 0 radical (unpaired) electrons. The first-order valence-corrected chi connectivity index (χ1v) is 8.88. The quantitative estimate of drug-likeness (QED) is 0.861. The van der Waals surface area contributed by atoms with Crippen molar-refractivity contribution in [2.24, 2.45) is 0 Å². The first kappa shape index (κ1) is 20.0. The van der Waals surface area contributed by atoms with Gasteiger partial charge in [0.05, 0.1) is 12.1 Å². The first-order valence-electron chi connectivity index (χ1n) is 8.88. The van der Waals surface area contributed by atoms with Crippen LogP contribution < -0.4 is 5.32 Å². The van der Waals surface area contributed by atoms with Crippen molar-refractivity contribution in [3.8, 4) is 0 Å². The van der Waals surface area contributed by atoms with Crippen LogP contribution in [0.5, 0.6) is 0 Å². The fourth-order valence-corrected chi connectivity index (χ4v) is 2.72. The number of amides is 2. The minimum atomic E-state index is -0.741. The Kier molecular flexibility index (Phi) is 6.85. The van der Waals surface area contributed by atoms with Crippen LogP contribution in [0.15, 0.2) is 30.3 Å². The van der Waals surface area contributed by atoms with Crippen LogP contribution in [-0.4, -0.2) is 53.0 Å². The first-order chi connectivity index (χ1) is 12.2. The highest BCUT2D eigenvalue weighted by Crippen LogP contribution is 2.15. The van der Waals surface area contributed by atoms with Gasteiger partial charge in [-0.3, -0.25) is 0 Å². The zero-order valence-electron chi connectivity index (χ0n) is 15.6. The molecule has 144 valence electrons. The van der Waals surface area contributed by atoms with Gasteiger partial charge in [-0.05, 0) is 39.2 Å². The van der Waals surface area contributed by atoms with Gasteiger partial charge < -0.3 is 24.8 Å². The third kappa shape index (κ3) is 6.55. The van der Waals surface area contributed by atoms with Crippen molar-refractivity contribution in [2.45, 2.75) is 58.0 Å². The molecule has 2 atom stereocenters. The van der Waals surface area contributed by atoms with Gasteiger partial charge in [0.25, 0.3) is 0 Å². The average Bonchev–Trinajstić information content (AvgIpc) is 2.74. The summed E-state index contributed by atoms with van der Waals surface area (Å²) in [5.41, 5.74) is 0.271. The van der Waals surface area contributed by atoms with E-state index in [1.165, 1.54) is 4.90 Å². The third-order valence-corrected chi connectivity index (χ3v) is 3.97. The Morgan fingerprint density at radius 2 is 1.96 bits per heavy atom. The number of alkyl carbamates (subject to hydrolysis) is 1. The second kappa shape index (κ2) is 8.89. The van der Waals surface area contributed by atoms with Gasteiger partial charge in [0.15, 0.2) is 0 Å². The molecular formula is C19H28N2O5. The van der Waals surface area contributed by atoms with Crippen LogP contribution in [0.25, 0.3) is 0 Å². The van der Waals surface area contributed by atoms with Crippen LogP contribution in [0.3, 0.4) is 0 Å². The topological polar surface area (TPSA) is 88.1 Å². The predicted molar refractivity (Wildman–Crippen MR) is 96.6 cm³/mol. The minimum absolute atomic E-state index is 0.175. The second-order valence-corrected chi connectivity index (χ2v) is 7.45. The SMILES string of the molecule is CC(C)(C)OC(=O)NC1CN(C(=O)OCc2ccccc2)CCCC1O. The van der Waals surface area contributed by atoms with E-state index in [0.29, 0.717) is 19.4 Å². The molecule has 1 aliphatic heterocycles. The third-order valence-electron chi connectivity index (χ3n) is 3.97. The number of rotatable bonds is 3. The number of benzene rings is 1. The number of hydrogen-bond donors (Lipinski definition) is 2. The maximum absolute atomic E-state index is 12.4. The Morgan fingerprint density at radius 1 is 1.27 bits per heavy atom. The molecule has 1 aliphatic rings. The normalized spacial score (nSPS) is 20.8. The number of aliphatic hydroxyl groups is 1. The number of nitrogens with one attached hydrogen (secondary N) is 1. The van der Waals surface area contributed by atoms with Gasteiger partial charge in [-0.25, -0.2) is 9.59 Å². The maximum Gasteiger partial charge on any atom is 0.410 e. The average molecular weight is 364 g/mol. The van der Waals surface area contributed by atoms with Crippen molar-refractivity contribution in [2.75, 3.05) is 13.1 Å². The van der Waals surface area contributed by atoms with Crippen molar-refractivity contribution in [1.82, 2.24) is 10.2 Å². The molecule has 0 saturated carbocycles. The monoisotopic (exact) mass is 364 g/mol. The molecule has 2 unspecified atom stereocenters. The van der Waals surface area contributed by atoms with Gasteiger partial charge in [-0.1, -0.05) is 30.3 Å². The van der Waals surface area contributed by atoms with Crippen LogP contribution in [0.1, 0.15) is 39.2 Å². The van der Waals surface area contributed by atoms with Crippen LogP contribution in [-0.2, 0) is 16.1 Å². The van der Waals surface area contributed by atoms with Crippen LogP contribution in [0, 0.1) is 0 Å². The number of aliphatic hydroxyl groups excluding tert-OH is 1. The summed E-state index contributed by atoms with van der Waals surface area (Å²) in [5.74, 6) is 0. The Bertz CT molecular complexity index is 600. The van der Waals surface area contributed by atoms with Gasteiger partial charge in [-0.15, -0.1) is 0 Å². The maximum atomic E-state index is 12.4. The van der Waals surface area contributed by atoms with Gasteiger partial charge in [0.1, 0.15) is 12.2 Å². The zero-order chi connectivity index (χ0) is 19.2. The molecule has 0 bridgehead atoms. The number of carbonyl (C=O) groups excluding carboxylic acids is 2. The summed E-state index contributed by atoms with van der Waals surface area (Å²) in [7, 11) is 0. The van der Waals surface area contributed by atoms with E-state index in [4.69, 9.17) is 9.47 Å². The number of carbonyl (C=O) groups is 2. The van der Waals surface area contributed by atoms with Gasteiger partial charge in [-0.2, -0.15) is 0 Å². The summed E-state index contributed by atoms with van der Waals surface area (Å²) in [4.78, 5) is 25.9. The Hall–Kier alpha value is -2.28. The molecule has 2 rings (SSSR count). The molecule has 7 nitrogen and oxygen atoms in total. The molecule has 1 heterocycles. The van der Waals surface area contributed by atoms with E-state index in [1.54, 1.807) is 20.8 Å². The Labute approximate surface area is 154 Å². The number of likely N-dealkylation sites (tertiary alicyclic amines) is 1. The van der Waals surface area contributed by atoms with Gasteiger partial charge in [0, 0.05) is 13.1 Å². The van der Waals surface area contributed by atoms with Crippen molar-refractivity contribution >= 4 is 12.2 Å². The molecule has 26 heavy (non-hydrogen) atoms. The summed E-state index contributed by atoms with van der Waals surface area (Å²) in [6.45, 7) is 6.13. The largest absolute Gasteiger partial charge is 0.445 e. The number of ether oxygens (including phenoxy) is 2. The molecule has 1 aromatic carbocycles. The van der Waals surface area contributed by atoms with Crippen molar-refractivity contribution in [1.29, 1.82) is 0 Å². The second-order valence-electron chi connectivity index (χ2n) is 7.45. The van der Waals surface area contributed by atoms with Crippen LogP contribution in [0.4, 0.5) is 9.59 Å². The van der Waals surface area contributed by atoms with Crippen LogP contribution >= 0.6 is 0 Å². The molecule has 2 amide bonds. The van der Waals surface area contributed by atoms with Gasteiger partial charge in [0.2, 0.25) is 0 Å². The standard InChI is InChI=1S/C19H28N2O5/c1-19(2,3)26-17(23)20-15-12-21(11-7-10-16(15)22)18(24)25-13-14-8-5-4-6-9-14/h4-6,8-9,15-16,22H,7,10-13H2,1-3H3,(H,20,23). The molecule has 7 heteroatoms. The van der Waals surface area contributed by atoms with E-state index < -0.39 is 29.9 Å². The van der Waals surface area contributed by atoms with Crippen molar-refractivity contribution in [3.63, 3.8) is 0 Å². The molecule has 1 saturated heterocycles. The Balaban J connectivity index is 1.92. The summed E-state index contributed by atoms with van der Waals surface area (Å²) < 4.78 is 10.6. The Morgan fingerprint density at radius 3 is 2.62 bits per heavy atom. The fourth-order valence-electron chi connectivity index (χ4n) is 2.72. The van der Waals surface area contributed by atoms with E-state index in [2.05, 4.69) is 5.32 Å². The lowest BCUT2D eigenvalue weighted by Gasteiger charge is -2.28. The smallest absolute Gasteiger partial charge is 0.410 e. The van der Waals surface area contributed by atoms with E-state index in [-0.39, 0.29) is 13.2 Å². The molecule has 0 aliphatic carbocycles. The van der Waals surface area contributed by atoms with E-state index in [0.717, 1.165) is 5.56 Å². The number of nitrogens with zero attached hydrogens (tertiary/aromatic N) is 1. The lowest BCUT2D eigenvalue weighted by molar-refractivity contribution is 0.0391. The van der Waals surface area contributed by atoms with Crippen LogP contribution in [0.2, 0.25) is 0 Å². The highest BCUT2D eigenvalue weighted by molar-refractivity contribution is 5.69. The lowest BCUT2D eigenvalue weighted by atomic mass is 10.1. The summed E-state index contributed by atoms with van der Waals surface area (Å²) >= 11 is 0. The van der Waals surface area contributed by atoms with Gasteiger partial charge >= 0.3 is 12.2 Å². The molecule has 0 spiro atoms. The van der Waals surface area contributed by atoms with Crippen molar-refractivity contribution < 1.29 is 24.2 Å². The summed E-state index contributed by atoms with van der Waals surface area (Å²) in [5, 5.41) is 12.9. The highest BCUT2D eigenvalue weighted by Gasteiger charge is 2.31. The molecule has 2 N–H and O–H groups in total. The number of hydrogen-bond acceptors (Lipinski definition) is 5. The lowest BCUT2D eigenvalue weighted by Crippen LogP contribution is -2.51. The fraction of sp³-hybridized carbons (Fsp3) is 0.579. The molecule has 1 fully saturated rings. The molecule has 0 aromatic heterocycles. The van der Waals surface area contributed by atoms with E-state index >= 15 is 0 Å². The van der Waals surface area contributed by atoms with E-state index in [9.17, 15) is 14.7 Å². The summed E-state index contributed by atoms with van der Waals surface area (Å²) in [6, 6.07) is 8.82. The highest BCUT2D eigenvalue weighted by atomic mass is 16.6. The predicted octanol–water partition coefficient (Wildman–Crippen LogP) is 2.67. The molecular weight excluding hydrogens is 336 g/mol. The van der Waals surface area contributed by atoms with E-state index in [1.807, 2.05) is 30.3 Å². The zero-order valence-corrected chi connectivity index (χ0v) is 15.6. The minimum Gasteiger partial charge on any atom is -0.445 e. The summed E-state index contributed by atoms with van der Waals surface area (Å²) in [6.07, 6.45) is -0.689. The molecule has 1 aromatic rings. The van der Waals surface area contributed by atoms with Crippen molar-refractivity contribution in [3.05, 3.63) is 35.9 Å².